The third-order valence-electron chi connectivity index (χ3n) is 3.43. The fraction of sp³-hybridized carbons (Fsp3) is 0.944. The van der Waals surface area contributed by atoms with E-state index >= 15 is 0 Å². The van der Waals surface area contributed by atoms with Crippen LogP contribution in [0, 0.1) is 0 Å². The van der Waals surface area contributed by atoms with Gasteiger partial charge in [-0.25, -0.2) is 0 Å². The highest BCUT2D eigenvalue weighted by molar-refractivity contribution is 5.48. The van der Waals surface area contributed by atoms with Gasteiger partial charge < -0.3 is 9.90 Å². The second-order valence-corrected chi connectivity index (χ2v) is 5.51. The molecule has 0 amide bonds. The first-order valence-corrected chi connectivity index (χ1v) is 8.87. The van der Waals surface area contributed by atoms with Crippen molar-refractivity contribution in [2.75, 3.05) is 6.61 Å². The molecule has 0 aliphatic carbocycles. The van der Waals surface area contributed by atoms with Crippen molar-refractivity contribution in [3.8, 4) is 0 Å². The summed E-state index contributed by atoms with van der Waals surface area (Å²) in [6.07, 6.45) is 19.6. The van der Waals surface area contributed by atoms with E-state index in [0.29, 0.717) is 0 Å². The maximum absolute atomic E-state index is 10.1. The van der Waals surface area contributed by atoms with Gasteiger partial charge in [0, 0.05) is 15.9 Å². The zero-order valence-corrected chi connectivity index (χ0v) is 14.0. The van der Waals surface area contributed by atoms with Gasteiger partial charge in [-0.05, 0) is 13.3 Å². The van der Waals surface area contributed by atoms with Crippen LogP contribution in [-0.4, -0.2) is 18.0 Å². The number of rotatable bonds is 14. The van der Waals surface area contributed by atoms with Crippen molar-refractivity contribution in [1.82, 2.24) is 0 Å². The van der Waals surface area contributed by atoms with Gasteiger partial charge in [-0.1, -0.05) is 84.0 Å². The van der Waals surface area contributed by atoms with E-state index in [0.717, 1.165) is 19.1 Å². The van der Waals surface area contributed by atoms with Gasteiger partial charge in [0.2, 0.25) is 0 Å². The van der Waals surface area contributed by atoms with Crippen LogP contribution in [0.3, 0.4) is 0 Å². The van der Waals surface area contributed by atoms with Gasteiger partial charge in [-0.3, -0.25) is 0 Å². The highest BCUT2D eigenvalue weighted by atomic mass is 16.2. The minimum atomic E-state index is 0. The van der Waals surface area contributed by atoms with Crippen molar-refractivity contribution in [3.05, 3.63) is 0 Å². The molecule has 0 saturated carbocycles. The standard InChI is InChI=1S/C16H32O.C2H6O.2H2/c1-2-3-4-5-6-7-8-9-10-11-12-13-14-15-16-17;1-2-3;;/h16H,2-15H2,1H3;3H,2H2,1H3;2*1H. The number of hydrogen-bond donors (Lipinski definition) is 1. The molecule has 0 heterocycles. The topological polar surface area (TPSA) is 37.3 Å². The summed E-state index contributed by atoms with van der Waals surface area (Å²) in [6.45, 7) is 4.20. The van der Waals surface area contributed by atoms with Gasteiger partial charge in [0.05, 0.1) is 0 Å². The van der Waals surface area contributed by atoms with E-state index in [2.05, 4.69) is 6.92 Å². The highest BCUT2D eigenvalue weighted by Crippen LogP contribution is 2.12. The number of unbranched alkanes of at least 4 members (excludes halogenated alkanes) is 13. The van der Waals surface area contributed by atoms with Crippen LogP contribution in [0.25, 0.3) is 0 Å². The molecule has 0 saturated heterocycles. The normalized spacial score (nSPS) is 9.95. The van der Waals surface area contributed by atoms with Crippen LogP contribution in [-0.2, 0) is 4.79 Å². The fourth-order valence-corrected chi connectivity index (χ4v) is 2.25. The van der Waals surface area contributed by atoms with Gasteiger partial charge in [-0.15, -0.1) is 0 Å². The van der Waals surface area contributed by atoms with E-state index in [9.17, 15) is 4.79 Å². The molecule has 0 fully saturated rings. The maximum Gasteiger partial charge on any atom is 0.119 e. The molecule has 0 aliphatic heterocycles. The Morgan fingerprint density at radius 2 is 1.00 bits per heavy atom. The molecule has 1 N–H and O–H groups in total. The Kier molecular flexibility index (Phi) is 26.0. The Hall–Kier alpha value is -0.370. The molecule has 2 nitrogen and oxygen atoms in total. The number of aliphatic hydroxyl groups is 1. The van der Waals surface area contributed by atoms with Crippen LogP contribution in [0.2, 0.25) is 0 Å². The largest absolute Gasteiger partial charge is 0.397 e. The first kappa shape index (κ1) is 21.9. The Morgan fingerprint density at radius 1 is 0.700 bits per heavy atom. The summed E-state index contributed by atoms with van der Waals surface area (Å²) in [5.41, 5.74) is 0. The number of aliphatic hydroxyl groups excluding tert-OH is 1. The molecule has 0 radical (unpaired) electrons. The summed E-state index contributed by atoms with van der Waals surface area (Å²) >= 11 is 0. The predicted molar refractivity (Wildman–Crippen MR) is 93.4 cm³/mol. The monoisotopic (exact) mass is 290 g/mol. The molecule has 0 atom stereocenters. The van der Waals surface area contributed by atoms with Crippen LogP contribution < -0.4 is 0 Å². The lowest BCUT2D eigenvalue weighted by Crippen LogP contribution is -1.83. The summed E-state index contributed by atoms with van der Waals surface area (Å²) in [6, 6.07) is 0. The molecule has 0 aliphatic rings. The van der Waals surface area contributed by atoms with Crippen molar-refractivity contribution < 1.29 is 12.8 Å². The summed E-state index contributed by atoms with van der Waals surface area (Å²) in [7, 11) is 0. The molecular formula is C18H42O2. The summed E-state index contributed by atoms with van der Waals surface area (Å²) in [5, 5.41) is 7.57. The molecule has 2 heteroatoms. The van der Waals surface area contributed by atoms with E-state index in [1.807, 2.05) is 0 Å². The zero-order chi connectivity index (χ0) is 15.3. The summed E-state index contributed by atoms with van der Waals surface area (Å²) in [5.74, 6) is 0. The Bertz CT molecular complexity index is 167. The van der Waals surface area contributed by atoms with Crippen LogP contribution in [0.4, 0.5) is 0 Å². The smallest absolute Gasteiger partial charge is 0.119 e. The molecule has 0 rings (SSSR count). The third kappa shape index (κ3) is 26.2. The average molecular weight is 291 g/mol. The molecule has 0 unspecified atom stereocenters. The molecule has 0 bridgehead atoms. The van der Waals surface area contributed by atoms with Crippen molar-refractivity contribution in [3.63, 3.8) is 0 Å². The SMILES string of the molecule is CCCCCCCCCCCCCCCC=O.CCO.[HH].[HH]. The third-order valence-corrected chi connectivity index (χ3v) is 3.43. The van der Waals surface area contributed by atoms with E-state index in [1.54, 1.807) is 6.92 Å². The molecule has 126 valence electrons. The van der Waals surface area contributed by atoms with Crippen LogP contribution >= 0.6 is 0 Å². The number of carbonyl (C=O) groups excluding carboxylic acids is 1. The lowest BCUT2D eigenvalue weighted by molar-refractivity contribution is -0.107. The van der Waals surface area contributed by atoms with Crippen LogP contribution in [0.5, 0.6) is 0 Å². The fourth-order valence-electron chi connectivity index (χ4n) is 2.25. The molecule has 0 aromatic carbocycles. The van der Waals surface area contributed by atoms with Crippen LogP contribution in [0.15, 0.2) is 0 Å². The van der Waals surface area contributed by atoms with Crippen molar-refractivity contribution in [1.29, 1.82) is 0 Å². The first-order chi connectivity index (χ1) is 9.83. The number of carbonyl (C=O) groups is 1. The van der Waals surface area contributed by atoms with Crippen molar-refractivity contribution in [2.45, 2.75) is 104 Å². The van der Waals surface area contributed by atoms with Gasteiger partial charge in [0.25, 0.3) is 0 Å². The van der Waals surface area contributed by atoms with Crippen molar-refractivity contribution in [2.24, 2.45) is 0 Å². The minimum Gasteiger partial charge on any atom is -0.397 e. The van der Waals surface area contributed by atoms with Crippen molar-refractivity contribution >= 4 is 6.29 Å². The Balaban J connectivity index is -0.000000297. The summed E-state index contributed by atoms with van der Waals surface area (Å²) < 4.78 is 0. The second kappa shape index (κ2) is 23.7. The van der Waals surface area contributed by atoms with E-state index in [1.165, 1.54) is 77.0 Å². The number of aldehydes is 1. The Labute approximate surface area is 130 Å². The molecule has 0 aromatic heterocycles. The Morgan fingerprint density at radius 3 is 1.30 bits per heavy atom. The van der Waals surface area contributed by atoms with Gasteiger partial charge in [0.15, 0.2) is 0 Å². The quantitative estimate of drug-likeness (QED) is 0.307. The molecule has 0 aromatic rings. The van der Waals surface area contributed by atoms with E-state index in [-0.39, 0.29) is 9.46 Å². The lowest BCUT2D eigenvalue weighted by atomic mass is 10.0. The zero-order valence-electron chi connectivity index (χ0n) is 14.0. The molecule has 20 heavy (non-hydrogen) atoms. The maximum atomic E-state index is 10.1. The lowest BCUT2D eigenvalue weighted by Gasteiger charge is -2.02. The highest BCUT2D eigenvalue weighted by Gasteiger charge is 1.93. The van der Waals surface area contributed by atoms with E-state index in [4.69, 9.17) is 5.11 Å². The average Bonchev–Trinajstić information content (AvgIpc) is 2.45. The van der Waals surface area contributed by atoms with Gasteiger partial charge in [0.1, 0.15) is 6.29 Å². The number of hydrogen-bond acceptors (Lipinski definition) is 2. The predicted octanol–water partition coefficient (Wildman–Crippen LogP) is 6.16. The molecular weight excluding hydrogens is 248 g/mol. The van der Waals surface area contributed by atoms with E-state index < -0.39 is 0 Å². The minimum absolute atomic E-state index is 0. The van der Waals surface area contributed by atoms with Crippen LogP contribution in [0.1, 0.15) is 107 Å². The molecule has 0 spiro atoms. The second-order valence-electron chi connectivity index (χ2n) is 5.51. The van der Waals surface area contributed by atoms with Gasteiger partial charge in [-0.2, -0.15) is 0 Å². The summed E-state index contributed by atoms with van der Waals surface area (Å²) in [4.78, 5) is 10.1. The first-order valence-electron chi connectivity index (χ1n) is 8.87. The van der Waals surface area contributed by atoms with Gasteiger partial charge >= 0.3 is 0 Å².